The van der Waals surface area contributed by atoms with Crippen molar-refractivity contribution >= 4 is 44.9 Å². The van der Waals surface area contributed by atoms with Gasteiger partial charge in [-0.15, -0.1) is 23.1 Å². The molecular weight excluding hydrogens is 398 g/mol. The Morgan fingerprint density at radius 1 is 1.24 bits per heavy atom. The highest BCUT2D eigenvalue weighted by atomic mass is 32.2. The van der Waals surface area contributed by atoms with E-state index in [0.29, 0.717) is 5.25 Å². The van der Waals surface area contributed by atoms with E-state index in [4.69, 9.17) is 0 Å². The minimum Gasteiger partial charge on any atom is -0.322 e. The van der Waals surface area contributed by atoms with E-state index >= 15 is 0 Å². The summed E-state index contributed by atoms with van der Waals surface area (Å²) in [6.07, 6.45) is 15.3. The lowest BCUT2D eigenvalue weighted by molar-refractivity contribution is -0.112. The Labute approximate surface area is 177 Å². The maximum Gasteiger partial charge on any atom is 0.261 e. The molecule has 0 fully saturated rings. The van der Waals surface area contributed by atoms with Gasteiger partial charge in [0, 0.05) is 28.9 Å². The fraction of sp³-hybridized carbons (Fsp3) is 0.174. The molecule has 144 valence electrons. The zero-order chi connectivity index (χ0) is 19.6. The molecule has 0 saturated carbocycles. The van der Waals surface area contributed by atoms with Gasteiger partial charge in [0.15, 0.2) is 0 Å². The Balaban J connectivity index is 1.30. The van der Waals surface area contributed by atoms with Gasteiger partial charge in [-0.25, -0.2) is 4.98 Å². The molecule has 1 aliphatic carbocycles. The first-order chi connectivity index (χ1) is 14.3. The van der Waals surface area contributed by atoms with Crippen LogP contribution in [0.25, 0.3) is 20.8 Å². The molecule has 3 aromatic rings. The van der Waals surface area contributed by atoms with Crippen LogP contribution in [0.1, 0.15) is 19.3 Å². The molecule has 0 unspecified atom stereocenters. The van der Waals surface area contributed by atoms with Crippen molar-refractivity contribution in [3.05, 3.63) is 77.5 Å². The van der Waals surface area contributed by atoms with Crippen molar-refractivity contribution in [2.24, 2.45) is 0 Å². The van der Waals surface area contributed by atoms with Crippen molar-refractivity contribution in [3.63, 3.8) is 0 Å². The number of aromatic nitrogens is 2. The summed E-state index contributed by atoms with van der Waals surface area (Å²) in [5.41, 5.74) is 4.16. The maximum atomic E-state index is 12.8. The van der Waals surface area contributed by atoms with Crippen LogP contribution in [0, 0.1) is 0 Å². The summed E-state index contributed by atoms with van der Waals surface area (Å²) < 4.78 is 1.06. The fourth-order valence-electron chi connectivity index (χ4n) is 3.55. The third-order valence-corrected chi connectivity index (χ3v) is 7.47. The molecule has 1 aliphatic heterocycles. The molecule has 29 heavy (non-hydrogen) atoms. The number of nitrogens with zero attached hydrogens (tertiary/aromatic N) is 2. The molecule has 1 aromatic carbocycles. The summed E-state index contributed by atoms with van der Waals surface area (Å²) in [4.78, 5) is 22.4. The van der Waals surface area contributed by atoms with Crippen molar-refractivity contribution in [3.8, 4) is 10.6 Å². The quantitative estimate of drug-likeness (QED) is 0.569. The predicted octanol–water partition coefficient (Wildman–Crippen LogP) is 5.96. The van der Waals surface area contributed by atoms with E-state index in [0.717, 1.165) is 50.6 Å². The monoisotopic (exact) mass is 417 g/mol. The van der Waals surface area contributed by atoms with Crippen LogP contribution in [0.4, 0.5) is 5.69 Å². The number of thioether (sulfide) groups is 1. The normalized spacial score (nSPS) is 18.6. The second-order valence-electron chi connectivity index (χ2n) is 7.02. The average Bonchev–Trinajstić information content (AvgIpc) is 3.42. The van der Waals surface area contributed by atoms with Gasteiger partial charge in [-0.05, 0) is 37.5 Å². The number of thiazole rings is 1. The van der Waals surface area contributed by atoms with Gasteiger partial charge in [0.1, 0.15) is 5.01 Å². The zero-order valence-electron chi connectivity index (χ0n) is 15.7. The molecule has 0 saturated heterocycles. The molecule has 0 radical (unpaired) electrons. The standard InChI is InChI=1S/C23H19N3OS2/c27-22(20-10-9-19(28-20)15-5-2-1-3-6-15)25-17-8-4-7-16(13-17)23-26-18-11-12-24-14-21(18)29-23/h1-2,4-5,7-8,10-14,19H,3,6,9H2,(H,25,27)/t19-/m1/s1. The van der Waals surface area contributed by atoms with Gasteiger partial charge in [0.05, 0.1) is 15.1 Å². The van der Waals surface area contributed by atoms with Crippen molar-refractivity contribution in [2.75, 3.05) is 5.32 Å². The number of carbonyl (C=O) groups is 1. The van der Waals surface area contributed by atoms with E-state index in [1.807, 2.05) is 36.5 Å². The summed E-state index contributed by atoms with van der Waals surface area (Å²) in [6, 6.07) is 9.78. The number of anilines is 1. The van der Waals surface area contributed by atoms with Crippen LogP contribution in [0.15, 0.2) is 77.5 Å². The summed E-state index contributed by atoms with van der Waals surface area (Å²) >= 11 is 3.28. The minimum absolute atomic E-state index is 0.0323. The molecule has 3 heterocycles. The van der Waals surface area contributed by atoms with Crippen LogP contribution in [0.3, 0.4) is 0 Å². The third-order valence-electron chi connectivity index (χ3n) is 5.03. The van der Waals surface area contributed by atoms with Crippen LogP contribution in [-0.2, 0) is 4.79 Å². The van der Waals surface area contributed by atoms with E-state index in [2.05, 4.69) is 39.6 Å². The number of fused-ring (bicyclic) bond motifs is 1. The summed E-state index contributed by atoms with van der Waals surface area (Å²) in [5, 5.41) is 4.37. The second-order valence-corrected chi connectivity index (χ2v) is 9.29. The van der Waals surface area contributed by atoms with Gasteiger partial charge < -0.3 is 5.32 Å². The van der Waals surface area contributed by atoms with Crippen molar-refractivity contribution in [1.29, 1.82) is 0 Å². The van der Waals surface area contributed by atoms with Crippen molar-refractivity contribution < 1.29 is 4.79 Å². The predicted molar refractivity (Wildman–Crippen MR) is 122 cm³/mol. The molecule has 1 atom stereocenters. The first-order valence-corrected chi connectivity index (χ1v) is 11.3. The van der Waals surface area contributed by atoms with Crippen LogP contribution in [0.2, 0.25) is 0 Å². The van der Waals surface area contributed by atoms with E-state index in [1.165, 1.54) is 5.57 Å². The third kappa shape index (κ3) is 3.91. The fourth-order valence-corrected chi connectivity index (χ4v) is 5.68. The number of carbonyl (C=O) groups excluding carboxylic acids is 1. The van der Waals surface area contributed by atoms with E-state index in [-0.39, 0.29) is 5.91 Å². The van der Waals surface area contributed by atoms with Crippen LogP contribution < -0.4 is 5.32 Å². The van der Waals surface area contributed by atoms with E-state index < -0.39 is 0 Å². The lowest BCUT2D eigenvalue weighted by Gasteiger charge is -2.16. The topological polar surface area (TPSA) is 54.9 Å². The van der Waals surface area contributed by atoms with Gasteiger partial charge in [0.2, 0.25) is 0 Å². The highest BCUT2D eigenvalue weighted by molar-refractivity contribution is 8.05. The summed E-state index contributed by atoms with van der Waals surface area (Å²) in [6.45, 7) is 0. The zero-order valence-corrected chi connectivity index (χ0v) is 17.3. The number of nitrogens with one attached hydrogen (secondary N) is 1. The number of benzene rings is 1. The Bertz CT molecular complexity index is 1140. The van der Waals surface area contributed by atoms with Crippen LogP contribution in [0.5, 0.6) is 0 Å². The number of pyridine rings is 1. The minimum atomic E-state index is -0.0323. The molecule has 0 bridgehead atoms. The molecule has 1 N–H and O–H groups in total. The lowest BCUT2D eigenvalue weighted by atomic mass is 10.00. The maximum absolute atomic E-state index is 12.8. The number of amides is 1. The Kier molecular flexibility index (Phi) is 5.04. The Morgan fingerprint density at radius 3 is 3.07 bits per heavy atom. The number of hydrogen-bond donors (Lipinski definition) is 1. The van der Waals surface area contributed by atoms with Gasteiger partial charge in [-0.2, -0.15) is 0 Å². The lowest BCUT2D eigenvalue weighted by Crippen LogP contribution is -2.12. The highest BCUT2D eigenvalue weighted by Gasteiger charge is 2.25. The largest absolute Gasteiger partial charge is 0.322 e. The van der Waals surface area contributed by atoms with E-state index in [9.17, 15) is 4.79 Å². The summed E-state index contributed by atoms with van der Waals surface area (Å²) in [7, 11) is 0. The van der Waals surface area contributed by atoms with E-state index in [1.54, 1.807) is 29.3 Å². The smallest absolute Gasteiger partial charge is 0.261 e. The van der Waals surface area contributed by atoms with Gasteiger partial charge in [-0.1, -0.05) is 42.0 Å². The van der Waals surface area contributed by atoms with Crippen LogP contribution >= 0.6 is 23.1 Å². The number of allylic oxidation sites excluding steroid dienone is 4. The van der Waals surface area contributed by atoms with Crippen molar-refractivity contribution in [2.45, 2.75) is 24.5 Å². The summed E-state index contributed by atoms with van der Waals surface area (Å²) in [5.74, 6) is -0.0323. The number of hydrogen-bond acceptors (Lipinski definition) is 5. The molecular formula is C23H19N3OS2. The SMILES string of the molecule is O=C(Nc1cccc(-c2nc3ccncc3s2)c1)C1=CC[C@H](C2=CC=CCC2)S1. The average molecular weight is 418 g/mol. The molecule has 2 aliphatic rings. The molecule has 1 amide bonds. The van der Waals surface area contributed by atoms with Crippen LogP contribution in [-0.4, -0.2) is 21.1 Å². The van der Waals surface area contributed by atoms with Crippen molar-refractivity contribution in [1.82, 2.24) is 9.97 Å². The first-order valence-electron chi connectivity index (χ1n) is 9.61. The van der Waals surface area contributed by atoms with Gasteiger partial charge in [0.25, 0.3) is 5.91 Å². The highest BCUT2D eigenvalue weighted by Crippen LogP contribution is 2.39. The van der Waals surface area contributed by atoms with Gasteiger partial charge in [-0.3, -0.25) is 9.78 Å². The molecule has 6 heteroatoms. The Hall–Kier alpha value is -2.70. The molecule has 5 rings (SSSR count). The second kappa shape index (κ2) is 7.97. The first kappa shape index (κ1) is 18.3. The number of rotatable bonds is 4. The van der Waals surface area contributed by atoms with Gasteiger partial charge >= 0.3 is 0 Å². The molecule has 4 nitrogen and oxygen atoms in total. The Morgan fingerprint density at radius 2 is 2.21 bits per heavy atom. The molecule has 2 aromatic heterocycles. The molecule has 0 spiro atoms.